The lowest BCUT2D eigenvalue weighted by molar-refractivity contribution is 0.163. The van der Waals surface area contributed by atoms with E-state index in [1.807, 2.05) is 24.3 Å². The number of nitrogens with zero attached hydrogens (tertiary/aromatic N) is 1. The van der Waals surface area contributed by atoms with Gasteiger partial charge in [0.15, 0.2) is 0 Å². The normalized spacial score (nSPS) is 13.3. The smallest absolute Gasteiger partial charge is 0.128 e. The molecule has 1 unspecified atom stereocenters. The number of hydrogen-bond donors (Lipinski definition) is 1. The molecule has 2 heteroatoms. The summed E-state index contributed by atoms with van der Waals surface area (Å²) in [5.74, 6) is 0.428. The van der Waals surface area contributed by atoms with Crippen LogP contribution in [0.2, 0.25) is 0 Å². The van der Waals surface area contributed by atoms with E-state index in [4.69, 9.17) is 0 Å². The van der Waals surface area contributed by atoms with Gasteiger partial charge < -0.3 is 5.11 Å². The third kappa shape index (κ3) is 2.80. The van der Waals surface area contributed by atoms with Crippen molar-refractivity contribution in [2.24, 2.45) is 0 Å². The molecule has 0 spiro atoms. The Morgan fingerprint density at radius 3 is 2.40 bits per heavy atom. The van der Waals surface area contributed by atoms with Crippen molar-refractivity contribution in [3.05, 3.63) is 42.0 Å². The summed E-state index contributed by atoms with van der Waals surface area (Å²) >= 11 is 0. The lowest BCUT2D eigenvalue weighted by atomic mass is 9.99. The molecule has 0 aromatic heterocycles. The molecule has 0 fully saturated rings. The van der Waals surface area contributed by atoms with E-state index in [0.29, 0.717) is 11.8 Å². The standard InChI is InChI=1S/C18H25NO/c1-5-12-19(13(2)3)14(4)16-11-10-15-8-6-7-9-17(15)18(16)20/h6-11,13-14,20H,5,12H2,1-4H3. The summed E-state index contributed by atoms with van der Waals surface area (Å²) in [5.41, 5.74) is 1.02. The number of benzene rings is 2. The van der Waals surface area contributed by atoms with Gasteiger partial charge in [0.2, 0.25) is 0 Å². The van der Waals surface area contributed by atoms with E-state index in [2.05, 4.69) is 44.7 Å². The van der Waals surface area contributed by atoms with Crippen LogP contribution < -0.4 is 0 Å². The van der Waals surface area contributed by atoms with Crippen LogP contribution in [0.4, 0.5) is 0 Å². The molecule has 0 heterocycles. The zero-order valence-electron chi connectivity index (χ0n) is 12.9. The monoisotopic (exact) mass is 271 g/mol. The molecule has 2 aromatic carbocycles. The summed E-state index contributed by atoms with van der Waals surface area (Å²) in [6.45, 7) is 9.85. The summed E-state index contributed by atoms with van der Waals surface area (Å²) in [7, 11) is 0. The minimum atomic E-state index is 0.222. The van der Waals surface area contributed by atoms with Crippen LogP contribution in [-0.2, 0) is 0 Å². The Hall–Kier alpha value is -1.54. The predicted molar refractivity (Wildman–Crippen MR) is 86.2 cm³/mol. The molecule has 108 valence electrons. The van der Waals surface area contributed by atoms with Gasteiger partial charge in [0.1, 0.15) is 5.75 Å². The van der Waals surface area contributed by atoms with Crippen LogP contribution >= 0.6 is 0 Å². The van der Waals surface area contributed by atoms with Crippen molar-refractivity contribution >= 4 is 10.8 Å². The molecule has 0 aliphatic heterocycles. The number of phenolic OH excluding ortho intramolecular Hbond substituents is 1. The molecule has 0 radical (unpaired) electrons. The average Bonchev–Trinajstić information content (AvgIpc) is 2.44. The van der Waals surface area contributed by atoms with Gasteiger partial charge in [0, 0.05) is 23.0 Å². The molecule has 2 nitrogen and oxygen atoms in total. The van der Waals surface area contributed by atoms with E-state index in [1.165, 1.54) is 0 Å². The molecule has 2 rings (SSSR count). The maximum absolute atomic E-state index is 10.6. The van der Waals surface area contributed by atoms with E-state index in [1.54, 1.807) is 0 Å². The molecule has 1 N–H and O–H groups in total. The van der Waals surface area contributed by atoms with Crippen molar-refractivity contribution < 1.29 is 5.11 Å². The van der Waals surface area contributed by atoms with E-state index in [9.17, 15) is 5.11 Å². The SMILES string of the molecule is CCCN(C(C)C)C(C)c1ccc2ccccc2c1O. The first-order chi connectivity index (χ1) is 9.56. The van der Waals surface area contributed by atoms with E-state index >= 15 is 0 Å². The van der Waals surface area contributed by atoms with Gasteiger partial charge in [-0.3, -0.25) is 4.90 Å². The first-order valence-electron chi connectivity index (χ1n) is 7.52. The predicted octanol–water partition coefficient (Wildman–Crippen LogP) is 4.73. The van der Waals surface area contributed by atoms with Gasteiger partial charge in [-0.15, -0.1) is 0 Å². The Balaban J connectivity index is 2.43. The molecule has 0 aliphatic rings. The zero-order chi connectivity index (χ0) is 14.7. The Bertz CT molecular complexity index is 577. The van der Waals surface area contributed by atoms with Crippen LogP contribution in [0.25, 0.3) is 10.8 Å². The second-order valence-corrected chi connectivity index (χ2v) is 5.73. The maximum Gasteiger partial charge on any atom is 0.128 e. The lowest BCUT2D eigenvalue weighted by Crippen LogP contribution is -2.34. The average molecular weight is 271 g/mol. The number of phenols is 1. The van der Waals surface area contributed by atoms with Gasteiger partial charge in [0.05, 0.1) is 0 Å². The molecular formula is C18H25NO. The largest absolute Gasteiger partial charge is 0.507 e. The van der Waals surface area contributed by atoms with E-state index < -0.39 is 0 Å². The third-order valence-corrected chi connectivity index (χ3v) is 4.02. The Morgan fingerprint density at radius 2 is 1.75 bits per heavy atom. The van der Waals surface area contributed by atoms with Crippen molar-refractivity contribution in [2.45, 2.75) is 46.2 Å². The highest BCUT2D eigenvalue weighted by Gasteiger charge is 2.21. The second-order valence-electron chi connectivity index (χ2n) is 5.73. The summed E-state index contributed by atoms with van der Waals surface area (Å²) in [6, 6.07) is 12.9. The van der Waals surface area contributed by atoms with Gasteiger partial charge in [0.25, 0.3) is 0 Å². The van der Waals surface area contributed by atoms with Gasteiger partial charge in [-0.25, -0.2) is 0 Å². The quantitative estimate of drug-likeness (QED) is 0.850. The Kier molecular flexibility index (Phi) is 4.66. The van der Waals surface area contributed by atoms with E-state index in [-0.39, 0.29) is 6.04 Å². The molecule has 0 amide bonds. The second kappa shape index (κ2) is 6.27. The summed E-state index contributed by atoms with van der Waals surface area (Å²) in [5, 5.41) is 12.6. The fourth-order valence-electron chi connectivity index (χ4n) is 2.95. The fraction of sp³-hybridized carbons (Fsp3) is 0.444. The highest BCUT2D eigenvalue weighted by molar-refractivity contribution is 5.89. The van der Waals surface area contributed by atoms with Crippen molar-refractivity contribution in [1.29, 1.82) is 0 Å². The minimum Gasteiger partial charge on any atom is -0.507 e. The van der Waals surface area contributed by atoms with Crippen LogP contribution in [0.5, 0.6) is 5.75 Å². The first kappa shape index (κ1) is 14.9. The molecule has 2 aromatic rings. The Labute approximate surface area is 122 Å². The molecule has 20 heavy (non-hydrogen) atoms. The van der Waals surface area contributed by atoms with Crippen molar-refractivity contribution in [3.63, 3.8) is 0 Å². The van der Waals surface area contributed by atoms with Gasteiger partial charge in [-0.1, -0.05) is 43.3 Å². The maximum atomic E-state index is 10.6. The summed E-state index contributed by atoms with van der Waals surface area (Å²) in [6.07, 6.45) is 1.12. The van der Waals surface area contributed by atoms with E-state index in [0.717, 1.165) is 29.3 Å². The van der Waals surface area contributed by atoms with Crippen LogP contribution in [0, 0.1) is 0 Å². The molecule has 0 saturated heterocycles. The van der Waals surface area contributed by atoms with Crippen molar-refractivity contribution in [1.82, 2.24) is 4.90 Å². The molecule has 0 bridgehead atoms. The van der Waals surface area contributed by atoms with Crippen LogP contribution in [0.1, 0.15) is 45.7 Å². The van der Waals surface area contributed by atoms with Gasteiger partial charge in [-0.2, -0.15) is 0 Å². The highest BCUT2D eigenvalue weighted by atomic mass is 16.3. The molecule has 0 saturated carbocycles. The topological polar surface area (TPSA) is 23.5 Å². The van der Waals surface area contributed by atoms with Gasteiger partial charge >= 0.3 is 0 Å². The first-order valence-corrected chi connectivity index (χ1v) is 7.52. The van der Waals surface area contributed by atoms with Crippen LogP contribution in [-0.4, -0.2) is 22.6 Å². The van der Waals surface area contributed by atoms with Crippen molar-refractivity contribution in [3.8, 4) is 5.75 Å². The zero-order valence-corrected chi connectivity index (χ0v) is 12.9. The number of hydrogen-bond acceptors (Lipinski definition) is 2. The summed E-state index contributed by atoms with van der Waals surface area (Å²) < 4.78 is 0. The minimum absolute atomic E-state index is 0.222. The molecule has 1 atom stereocenters. The fourth-order valence-corrected chi connectivity index (χ4v) is 2.95. The Morgan fingerprint density at radius 1 is 1.05 bits per heavy atom. The summed E-state index contributed by atoms with van der Waals surface area (Å²) in [4.78, 5) is 2.43. The number of rotatable bonds is 5. The molecular weight excluding hydrogens is 246 g/mol. The highest BCUT2D eigenvalue weighted by Crippen LogP contribution is 2.35. The third-order valence-electron chi connectivity index (χ3n) is 4.02. The lowest BCUT2D eigenvalue weighted by Gasteiger charge is -2.33. The van der Waals surface area contributed by atoms with Gasteiger partial charge in [-0.05, 0) is 39.1 Å². The van der Waals surface area contributed by atoms with Crippen LogP contribution in [0.3, 0.4) is 0 Å². The molecule has 0 aliphatic carbocycles. The van der Waals surface area contributed by atoms with Crippen molar-refractivity contribution in [2.75, 3.05) is 6.54 Å². The van der Waals surface area contributed by atoms with Crippen LogP contribution in [0.15, 0.2) is 36.4 Å². The number of aromatic hydroxyl groups is 1. The number of fused-ring (bicyclic) bond motifs is 1.